The lowest BCUT2D eigenvalue weighted by molar-refractivity contribution is 0.0526. The second kappa shape index (κ2) is 8.76. The molecule has 0 saturated carbocycles. The number of nitrogens with one attached hydrogen (secondary N) is 3. The van der Waals surface area contributed by atoms with Gasteiger partial charge in [-0.2, -0.15) is 5.10 Å². The molecule has 0 aliphatic heterocycles. The summed E-state index contributed by atoms with van der Waals surface area (Å²) in [4.78, 5) is 23.6. The first-order valence-electron chi connectivity index (χ1n) is 7.24. The van der Waals surface area contributed by atoms with Crippen LogP contribution in [0.3, 0.4) is 0 Å². The maximum absolute atomic E-state index is 12.0. The van der Waals surface area contributed by atoms with Crippen LogP contribution in [0.5, 0.6) is 0 Å². The third-order valence-electron chi connectivity index (χ3n) is 2.94. The summed E-state index contributed by atoms with van der Waals surface area (Å²) in [6.45, 7) is 2.07. The quantitative estimate of drug-likeness (QED) is 0.270. The Bertz CT molecular complexity index is 791. The first-order valence-corrected chi connectivity index (χ1v) is 8.73. The molecule has 0 fully saturated rings. The van der Waals surface area contributed by atoms with E-state index < -0.39 is 5.91 Å². The number of amides is 1. The van der Waals surface area contributed by atoms with Gasteiger partial charge < -0.3 is 10.1 Å². The first-order chi connectivity index (χ1) is 11.9. The summed E-state index contributed by atoms with van der Waals surface area (Å²) in [7, 11) is 1.73. The van der Waals surface area contributed by atoms with Crippen LogP contribution in [-0.4, -0.2) is 33.4 Å². The lowest BCUT2D eigenvalue weighted by Crippen LogP contribution is -2.44. The van der Waals surface area contributed by atoms with E-state index in [0.29, 0.717) is 23.6 Å². The van der Waals surface area contributed by atoms with Crippen LogP contribution in [0.1, 0.15) is 27.8 Å². The van der Waals surface area contributed by atoms with Crippen LogP contribution in [0, 0.1) is 3.57 Å². The van der Waals surface area contributed by atoms with Gasteiger partial charge in [-0.15, -0.1) is 0 Å². The molecule has 1 aromatic heterocycles. The monoisotopic (exact) mass is 473 g/mol. The molecular weight excluding hydrogens is 457 g/mol. The number of anilines is 1. The van der Waals surface area contributed by atoms with E-state index in [1.807, 2.05) is 22.6 Å². The number of hydrogen-bond donors (Lipinski definition) is 3. The van der Waals surface area contributed by atoms with Crippen molar-refractivity contribution in [1.29, 1.82) is 0 Å². The van der Waals surface area contributed by atoms with Gasteiger partial charge in [-0.1, -0.05) is 0 Å². The fourth-order valence-electron chi connectivity index (χ4n) is 1.85. The van der Waals surface area contributed by atoms with Crippen LogP contribution >= 0.6 is 34.8 Å². The maximum atomic E-state index is 12.0. The van der Waals surface area contributed by atoms with Gasteiger partial charge in [-0.25, -0.2) is 4.79 Å². The molecule has 0 aliphatic carbocycles. The number of esters is 1. The van der Waals surface area contributed by atoms with Crippen LogP contribution in [0.25, 0.3) is 0 Å². The average molecular weight is 473 g/mol. The number of hydrazine groups is 1. The van der Waals surface area contributed by atoms with E-state index in [9.17, 15) is 9.59 Å². The highest BCUT2D eigenvalue weighted by Gasteiger charge is 2.14. The fraction of sp³-hybridized carbons (Fsp3) is 0.200. The Morgan fingerprint density at radius 2 is 1.96 bits per heavy atom. The molecule has 2 aromatic rings. The van der Waals surface area contributed by atoms with Crippen molar-refractivity contribution in [3.05, 3.63) is 45.3 Å². The number of aromatic nitrogens is 2. The van der Waals surface area contributed by atoms with E-state index >= 15 is 0 Å². The van der Waals surface area contributed by atoms with Gasteiger partial charge in [0.15, 0.2) is 10.8 Å². The van der Waals surface area contributed by atoms with Crippen molar-refractivity contribution in [2.45, 2.75) is 6.92 Å². The van der Waals surface area contributed by atoms with Crippen molar-refractivity contribution >= 4 is 57.5 Å². The molecule has 0 bridgehead atoms. The van der Waals surface area contributed by atoms with E-state index in [2.05, 4.69) is 21.3 Å². The third kappa shape index (κ3) is 5.39. The number of rotatable bonds is 4. The Labute approximate surface area is 163 Å². The zero-order chi connectivity index (χ0) is 18.4. The minimum atomic E-state index is -0.396. The number of hydrogen-bond acceptors (Lipinski definition) is 5. The van der Waals surface area contributed by atoms with E-state index in [0.717, 1.165) is 3.57 Å². The summed E-state index contributed by atoms with van der Waals surface area (Å²) in [6, 6.07) is 6.61. The molecule has 0 atom stereocenters. The zero-order valence-electron chi connectivity index (χ0n) is 13.5. The van der Waals surface area contributed by atoms with Gasteiger partial charge in [0.2, 0.25) is 0 Å². The molecule has 10 heteroatoms. The van der Waals surface area contributed by atoms with Crippen LogP contribution in [0.15, 0.2) is 30.5 Å². The molecule has 0 spiro atoms. The molecule has 0 aliphatic rings. The smallest absolute Gasteiger partial charge is 0.338 e. The molecule has 25 heavy (non-hydrogen) atoms. The highest BCUT2D eigenvalue weighted by molar-refractivity contribution is 14.1. The fourth-order valence-corrected chi connectivity index (χ4v) is 2.78. The van der Waals surface area contributed by atoms with Crippen molar-refractivity contribution in [2.24, 2.45) is 7.05 Å². The molecule has 1 amide bonds. The van der Waals surface area contributed by atoms with Gasteiger partial charge >= 0.3 is 5.97 Å². The minimum absolute atomic E-state index is 0.197. The predicted octanol–water partition coefficient (Wildman–Crippen LogP) is 1.83. The zero-order valence-corrected chi connectivity index (χ0v) is 16.5. The Morgan fingerprint density at radius 1 is 1.28 bits per heavy atom. The number of nitrogens with zero attached hydrogens (tertiary/aromatic N) is 2. The molecule has 1 aromatic carbocycles. The van der Waals surface area contributed by atoms with Crippen molar-refractivity contribution in [3.8, 4) is 0 Å². The Hall–Kier alpha value is -2.21. The number of benzene rings is 1. The molecule has 0 saturated heterocycles. The Morgan fingerprint density at radius 3 is 2.52 bits per heavy atom. The lowest BCUT2D eigenvalue weighted by Gasteiger charge is -2.11. The number of ether oxygens (including phenoxy) is 1. The van der Waals surface area contributed by atoms with Gasteiger partial charge in [0.1, 0.15) is 0 Å². The second-order valence-electron chi connectivity index (χ2n) is 4.83. The maximum Gasteiger partial charge on any atom is 0.338 e. The standard InChI is InChI=1S/C15H16IN5O3S/c1-3-24-14(23)9-4-6-10(7-5-9)17-15(25)19-18-13(22)12-11(16)8-21(2)20-12/h4-8H,3H2,1-2H3,(H,18,22)(H2,17,19,25). The largest absolute Gasteiger partial charge is 0.462 e. The number of halogens is 1. The second-order valence-corrected chi connectivity index (χ2v) is 6.40. The third-order valence-corrected chi connectivity index (χ3v) is 3.94. The minimum Gasteiger partial charge on any atom is -0.462 e. The van der Waals surface area contributed by atoms with Gasteiger partial charge in [-0.05, 0) is 66.0 Å². The molecule has 0 unspecified atom stereocenters. The molecule has 132 valence electrons. The highest BCUT2D eigenvalue weighted by atomic mass is 127. The van der Waals surface area contributed by atoms with E-state index in [1.54, 1.807) is 49.1 Å². The SMILES string of the molecule is CCOC(=O)c1ccc(NC(=S)NNC(=O)c2nn(C)cc2I)cc1. The number of carbonyl (C=O) groups is 2. The highest BCUT2D eigenvalue weighted by Crippen LogP contribution is 2.11. The van der Waals surface area contributed by atoms with E-state index in [1.165, 1.54) is 0 Å². The van der Waals surface area contributed by atoms with Crippen LogP contribution in [0.4, 0.5) is 5.69 Å². The summed E-state index contributed by atoms with van der Waals surface area (Å²) >= 11 is 7.14. The van der Waals surface area contributed by atoms with Gasteiger partial charge in [-0.3, -0.25) is 20.3 Å². The lowest BCUT2D eigenvalue weighted by atomic mass is 10.2. The topological polar surface area (TPSA) is 97.3 Å². The van der Waals surface area contributed by atoms with Crippen molar-refractivity contribution < 1.29 is 14.3 Å². The van der Waals surface area contributed by atoms with Gasteiger partial charge in [0.25, 0.3) is 5.91 Å². The molecule has 3 N–H and O–H groups in total. The van der Waals surface area contributed by atoms with Crippen LogP contribution in [-0.2, 0) is 11.8 Å². The number of carbonyl (C=O) groups excluding carboxylic acids is 2. The predicted molar refractivity (Wildman–Crippen MR) is 105 cm³/mol. The number of thiocarbonyl (C=S) groups is 1. The summed E-state index contributed by atoms with van der Waals surface area (Å²) in [5.41, 5.74) is 6.48. The Balaban J connectivity index is 1.87. The summed E-state index contributed by atoms with van der Waals surface area (Å²) in [5.74, 6) is -0.779. The summed E-state index contributed by atoms with van der Waals surface area (Å²) in [5, 5.41) is 7.15. The van der Waals surface area contributed by atoms with E-state index in [-0.39, 0.29) is 11.1 Å². The van der Waals surface area contributed by atoms with Crippen molar-refractivity contribution in [3.63, 3.8) is 0 Å². The molecule has 2 rings (SSSR count). The van der Waals surface area contributed by atoms with E-state index in [4.69, 9.17) is 17.0 Å². The van der Waals surface area contributed by atoms with Gasteiger partial charge in [0, 0.05) is 18.9 Å². The Kier molecular flexibility index (Phi) is 6.70. The summed E-state index contributed by atoms with van der Waals surface area (Å²) in [6.07, 6.45) is 1.73. The van der Waals surface area contributed by atoms with Crippen molar-refractivity contribution in [1.82, 2.24) is 20.6 Å². The van der Waals surface area contributed by atoms with Crippen LogP contribution < -0.4 is 16.2 Å². The summed E-state index contributed by atoms with van der Waals surface area (Å²) < 4.78 is 7.20. The van der Waals surface area contributed by atoms with Crippen LogP contribution in [0.2, 0.25) is 0 Å². The first kappa shape index (κ1) is 19.1. The van der Waals surface area contributed by atoms with Gasteiger partial charge in [0.05, 0.1) is 15.7 Å². The molecule has 8 nitrogen and oxygen atoms in total. The molecule has 0 radical (unpaired) electrons. The molecular formula is C15H16IN5O3S. The normalized spacial score (nSPS) is 10.0. The molecule has 1 heterocycles. The number of aryl methyl sites for hydroxylation is 1. The average Bonchev–Trinajstić information content (AvgIpc) is 2.92. The van der Waals surface area contributed by atoms with Crippen molar-refractivity contribution in [2.75, 3.05) is 11.9 Å².